The molecule has 3 rings (SSSR count). The summed E-state index contributed by atoms with van der Waals surface area (Å²) in [6.07, 6.45) is 1.46. The van der Waals surface area contributed by atoms with Gasteiger partial charge in [0.25, 0.3) is 0 Å². The summed E-state index contributed by atoms with van der Waals surface area (Å²) >= 11 is 0. The summed E-state index contributed by atoms with van der Waals surface area (Å²) in [5.41, 5.74) is 2.41. The lowest BCUT2D eigenvalue weighted by molar-refractivity contribution is -0.129. The second-order valence-corrected chi connectivity index (χ2v) is 6.42. The van der Waals surface area contributed by atoms with Crippen molar-refractivity contribution in [3.05, 3.63) is 35.7 Å². The summed E-state index contributed by atoms with van der Waals surface area (Å²) in [6, 6.07) is 5.52. The van der Waals surface area contributed by atoms with E-state index in [0.29, 0.717) is 36.8 Å². The predicted molar refractivity (Wildman–Crippen MR) is 96.4 cm³/mol. The molecule has 0 saturated heterocycles. The van der Waals surface area contributed by atoms with Crippen LogP contribution in [0.1, 0.15) is 18.2 Å². The van der Waals surface area contributed by atoms with Crippen LogP contribution >= 0.6 is 0 Å². The van der Waals surface area contributed by atoms with Crippen LogP contribution in [0.25, 0.3) is 11.5 Å². The lowest BCUT2D eigenvalue weighted by atomic mass is 10.0. The van der Waals surface area contributed by atoms with Gasteiger partial charge in [0.05, 0.1) is 24.9 Å². The van der Waals surface area contributed by atoms with Gasteiger partial charge in [-0.15, -0.1) is 0 Å². The van der Waals surface area contributed by atoms with Gasteiger partial charge < -0.3 is 20.0 Å². The Bertz CT molecular complexity index is 784. The van der Waals surface area contributed by atoms with E-state index in [9.17, 15) is 9.90 Å². The molecule has 0 aromatic carbocycles. The monoisotopic (exact) mass is 357 g/mol. The van der Waals surface area contributed by atoms with Crippen molar-refractivity contribution >= 4 is 11.7 Å². The lowest BCUT2D eigenvalue weighted by Gasteiger charge is -2.31. The highest BCUT2D eigenvalue weighted by Crippen LogP contribution is 2.28. The Balaban J connectivity index is 2.04. The normalized spacial score (nSPS) is 14.7. The van der Waals surface area contributed by atoms with Crippen molar-refractivity contribution in [2.24, 2.45) is 0 Å². The Labute approximate surface area is 152 Å². The van der Waals surface area contributed by atoms with Gasteiger partial charge in [-0.2, -0.15) is 0 Å². The van der Waals surface area contributed by atoms with E-state index in [4.69, 9.17) is 5.11 Å². The van der Waals surface area contributed by atoms with Crippen LogP contribution < -0.4 is 4.90 Å². The van der Waals surface area contributed by atoms with E-state index < -0.39 is 6.10 Å². The minimum atomic E-state index is -0.860. The van der Waals surface area contributed by atoms with Crippen LogP contribution in [0.5, 0.6) is 0 Å². The number of anilines is 1. The lowest BCUT2D eigenvalue weighted by Crippen LogP contribution is -2.38. The van der Waals surface area contributed by atoms with Crippen LogP contribution in [0.15, 0.2) is 24.4 Å². The maximum absolute atomic E-state index is 11.8. The quantitative estimate of drug-likeness (QED) is 0.790. The van der Waals surface area contributed by atoms with E-state index >= 15 is 0 Å². The molecule has 1 aliphatic heterocycles. The molecule has 2 aromatic rings. The predicted octanol–water partition coefficient (Wildman–Crippen LogP) is 0.233. The molecule has 2 aromatic heterocycles. The number of amides is 1. The highest BCUT2D eigenvalue weighted by atomic mass is 16.3. The number of aliphatic hydroxyl groups excluding tert-OH is 2. The maximum atomic E-state index is 11.8. The fourth-order valence-electron chi connectivity index (χ4n) is 3.07. The average molecular weight is 357 g/mol. The molecule has 138 valence electrons. The average Bonchev–Trinajstić information content (AvgIpc) is 2.67. The number of likely N-dealkylation sites (N-methyl/N-ethyl adjacent to an activating group) is 1. The van der Waals surface area contributed by atoms with Gasteiger partial charge >= 0.3 is 0 Å². The number of nitrogens with zero attached hydrogens (tertiary/aromatic N) is 5. The summed E-state index contributed by atoms with van der Waals surface area (Å²) in [6.45, 7) is 2.52. The van der Waals surface area contributed by atoms with E-state index in [0.717, 1.165) is 11.3 Å². The van der Waals surface area contributed by atoms with E-state index in [2.05, 4.69) is 15.0 Å². The second-order valence-electron chi connectivity index (χ2n) is 6.42. The number of rotatable bonds is 5. The molecular weight excluding hydrogens is 334 g/mol. The van der Waals surface area contributed by atoms with Crippen molar-refractivity contribution in [3.63, 3.8) is 0 Å². The van der Waals surface area contributed by atoms with Gasteiger partial charge in [-0.1, -0.05) is 6.07 Å². The molecule has 8 nitrogen and oxygen atoms in total. The molecule has 26 heavy (non-hydrogen) atoms. The Hall–Kier alpha value is -2.58. The van der Waals surface area contributed by atoms with Gasteiger partial charge in [-0.25, -0.2) is 9.97 Å². The maximum Gasteiger partial charge on any atom is 0.219 e. The SMILES string of the molecule is CC(=O)N1CCc2c(nc(-c3ccccn3)nc2N(C)CC(O)CO)C1. The molecular formula is C18H23N5O3. The third-order valence-corrected chi connectivity index (χ3v) is 4.44. The minimum Gasteiger partial charge on any atom is -0.394 e. The number of hydrogen-bond acceptors (Lipinski definition) is 7. The van der Waals surface area contributed by atoms with Crippen molar-refractivity contribution in [1.29, 1.82) is 0 Å². The van der Waals surface area contributed by atoms with Crippen molar-refractivity contribution in [2.45, 2.75) is 26.0 Å². The highest BCUT2D eigenvalue weighted by molar-refractivity contribution is 5.74. The first-order valence-electron chi connectivity index (χ1n) is 8.56. The minimum absolute atomic E-state index is 0.0132. The summed E-state index contributed by atoms with van der Waals surface area (Å²) < 4.78 is 0. The zero-order chi connectivity index (χ0) is 18.7. The van der Waals surface area contributed by atoms with E-state index in [1.807, 2.05) is 30.1 Å². The fraction of sp³-hybridized carbons (Fsp3) is 0.444. The largest absolute Gasteiger partial charge is 0.394 e. The first-order chi connectivity index (χ1) is 12.5. The van der Waals surface area contributed by atoms with Crippen molar-refractivity contribution in [3.8, 4) is 11.5 Å². The molecule has 0 saturated carbocycles. The standard InChI is InChI=1S/C18H23N5O3/c1-12(25)23-8-6-14-16(10-23)20-17(15-5-3-4-7-19-15)21-18(14)22(2)9-13(26)11-24/h3-5,7,13,24,26H,6,8-11H2,1-2H3. The van der Waals surface area contributed by atoms with Crippen LogP contribution in [0, 0.1) is 0 Å². The molecule has 1 atom stereocenters. The van der Waals surface area contributed by atoms with E-state index in [1.165, 1.54) is 0 Å². The third-order valence-electron chi connectivity index (χ3n) is 4.44. The molecule has 1 aliphatic rings. The molecule has 8 heteroatoms. The third kappa shape index (κ3) is 3.81. The first kappa shape index (κ1) is 18.2. The summed E-state index contributed by atoms with van der Waals surface area (Å²) in [7, 11) is 1.82. The van der Waals surface area contributed by atoms with E-state index in [1.54, 1.807) is 18.0 Å². The number of pyridine rings is 1. The van der Waals surface area contributed by atoms with Crippen LogP contribution in [0.2, 0.25) is 0 Å². The molecule has 1 unspecified atom stereocenters. The molecule has 0 bridgehead atoms. The molecule has 3 heterocycles. The summed E-state index contributed by atoms with van der Waals surface area (Å²) in [4.78, 5) is 29.0. The number of aliphatic hydroxyl groups is 2. The van der Waals surface area contributed by atoms with Crippen LogP contribution in [-0.4, -0.2) is 68.8 Å². The van der Waals surface area contributed by atoms with Crippen LogP contribution in [-0.2, 0) is 17.8 Å². The Morgan fingerprint density at radius 3 is 2.85 bits per heavy atom. The molecule has 0 radical (unpaired) electrons. The fourth-order valence-corrected chi connectivity index (χ4v) is 3.07. The molecule has 0 aliphatic carbocycles. The molecule has 2 N–H and O–H groups in total. The van der Waals surface area contributed by atoms with Crippen molar-refractivity contribution < 1.29 is 15.0 Å². The molecule has 1 amide bonds. The van der Waals surface area contributed by atoms with Gasteiger partial charge in [-0.05, 0) is 18.6 Å². The Kier molecular flexibility index (Phi) is 5.43. The van der Waals surface area contributed by atoms with Crippen LogP contribution in [0.4, 0.5) is 5.82 Å². The smallest absolute Gasteiger partial charge is 0.219 e. The summed E-state index contributed by atoms with van der Waals surface area (Å²) in [5.74, 6) is 1.20. The zero-order valence-electron chi connectivity index (χ0n) is 15.0. The number of aromatic nitrogens is 3. The Morgan fingerprint density at radius 1 is 1.38 bits per heavy atom. The van der Waals surface area contributed by atoms with Gasteiger partial charge in [-0.3, -0.25) is 9.78 Å². The van der Waals surface area contributed by atoms with E-state index in [-0.39, 0.29) is 19.1 Å². The van der Waals surface area contributed by atoms with Crippen LogP contribution in [0.3, 0.4) is 0 Å². The summed E-state index contributed by atoms with van der Waals surface area (Å²) in [5, 5.41) is 18.9. The number of fused-ring (bicyclic) bond motifs is 1. The topological polar surface area (TPSA) is 103 Å². The second kappa shape index (κ2) is 7.76. The van der Waals surface area contributed by atoms with Gasteiger partial charge in [0.1, 0.15) is 11.5 Å². The van der Waals surface area contributed by atoms with Crippen molar-refractivity contribution in [2.75, 3.05) is 31.6 Å². The first-order valence-corrected chi connectivity index (χ1v) is 8.56. The van der Waals surface area contributed by atoms with Gasteiger partial charge in [0.15, 0.2) is 5.82 Å². The van der Waals surface area contributed by atoms with Gasteiger partial charge in [0.2, 0.25) is 5.91 Å². The van der Waals surface area contributed by atoms with Gasteiger partial charge in [0, 0.05) is 38.8 Å². The molecule has 0 fully saturated rings. The number of carbonyl (C=O) groups is 1. The zero-order valence-corrected chi connectivity index (χ0v) is 15.0. The highest BCUT2D eigenvalue weighted by Gasteiger charge is 2.26. The number of hydrogen-bond donors (Lipinski definition) is 2. The Morgan fingerprint density at radius 2 is 2.19 bits per heavy atom. The number of carbonyl (C=O) groups excluding carboxylic acids is 1. The molecule has 0 spiro atoms. The van der Waals surface area contributed by atoms with Crippen molar-refractivity contribution in [1.82, 2.24) is 19.9 Å².